The van der Waals surface area contributed by atoms with Crippen molar-refractivity contribution in [3.8, 4) is 5.75 Å². The van der Waals surface area contributed by atoms with E-state index in [9.17, 15) is 5.11 Å². The van der Waals surface area contributed by atoms with Gasteiger partial charge in [0, 0.05) is 10.3 Å². The van der Waals surface area contributed by atoms with Gasteiger partial charge >= 0.3 is 0 Å². The quantitative estimate of drug-likeness (QED) is 0.800. The fraction of sp³-hybridized carbons (Fsp3) is 0.500. The van der Waals surface area contributed by atoms with E-state index in [4.69, 9.17) is 4.74 Å². The van der Waals surface area contributed by atoms with Crippen molar-refractivity contribution in [2.45, 2.75) is 24.2 Å². The molecule has 0 bridgehead atoms. The molecule has 0 fully saturated rings. The highest BCUT2D eigenvalue weighted by Gasteiger charge is 2.20. The van der Waals surface area contributed by atoms with Crippen LogP contribution in [0.5, 0.6) is 5.75 Å². The van der Waals surface area contributed by atoms with Crippen LogP contribution in [0.15, 0.2) is 23.1 Å². The molecular formula is C12H18O2S. The summed E-state index contributed by atoms with van der Waals surface area (Å²) in [6, 6.07) is 6.09. The number of rotatable bonds is 4. The molecule has 1 rings (SSSR count). The molecule has 0 atom stereocenters. The van der Waals surface area contributed by atoms with E-state index >= 15 is 0 Å². The van der Waals surface area contributed by atoms with Gasteiger partial charge in [-0.1, -0.05) is 19.9 Å². The van der Waals surface area contributed by atoms with Crippen molar-refractivity contribution >= 4 is 11.8 Å². The van der Waals surface area contributed by atoms with Gasteiger partial charge in [-0.05, 0) is 24.0 Å². The highest BCUT2D eigenvalue weighted by Crippen LogP contribution is 2.32. The molecule has 1 aromatic carbocycles. The summed E-state index contributed by atoms with van der Waals surface area (Å²) in [6.45, 7) is 4.16. The van der Waals surface area contributed by atoms with E-state index in [1.807, 2.05) is 38.3 Å². The molecule has 0 aromatic heterocycles. The first-order valence-corrected chi connectivity index (χ1v) is 6.11. The molecule has 3 heteroatoms. The summed E-state index contributed by atoms with van der Waals surface area (Å²) < 4.78 is 5.31. The average Bonchev–Trinajstić information content (AvgIpc) is 2.28. The first-order chi connectivity index (χ1) is 7.05. The minimum atomic E-state index is -0.218. The zero-order valence-corrected chi connectivity index (χ0v) is 10.5. The number of ether oxygens (including phenoxy) is 1. The van der Waals surface area contributed by atoms with E-state index in [1.165, 1.54) is 0 Å². The molecule has 2 nitrogen and oxygen atoms in total. The third-order valence-electron chi connectivity index (χ3n) is 2.56. The summed E-state index contributed by atoms with van der Waals surface area (Å²) in [6.07, 6.45) is 2.02. The van der Waals surface area contributed by atoms with Crippen LogP contribution in [0.4, 0.5) is 0 Å². The molecular weight excluding hydrogens is 208 g/mol. The fourth-order valence-electron chi connectivity index (χ4n) is 1.35. The van der Waals surface area contributed by atoms with Gasteiger partial charge in [-0.15, -0.1) is 11.8 Å². The predicted octanol–water partition coefficient (Wildman–Crippen LogP) is 2.69. The summed E-state index contributed by atoms with van der Waals surface area (Å²) in [4.78, 5) is 1.12. The zero-order chi connectivity index (χ0) is 11.5. The lowest BCUT2D eigenvalue weighted by Crippen LogP contribution is -2.21. The lowest BCUT2D eigenvalue weighted by Gasteiger charge is -2.23. The normalized spacial score (nSPS) is 11.5. The molecule has 15 heavy (non-hydrogen) atoms. The molecule has 0 unspecified atom stereocenters. The van der Waals surface area contributed by atoms with Crippen molar-refractivity contribution in [3.63, 3.8) is 0 Å². The number of hydrogen-bond acceptors (Lipinski definition) is 3. The summed E-state index contributed by atoms with van der Waals surface area (Å²) in [7, 11) is 1.67. The van der Waals surface area contributed by atoms with Crippen LogP contribution in [0, 0.1) is 0 Å². The van der Waals surface area contributed by atoms with Crippen LogP contribution in [0.25, 0.3) is 0 Å². The lowest BCUT2D eigenvalue weighted by atomic mass is 9.85. The number of aliphatic hydroxyl groups is 1. The summed E-state index contributed by atoms with van der Waals surface area (Å²) in [5, 5.41) is 9.29. The number of benzene rings is 1. The molecule has 0 spiro atoms. The summed E-state index contributed by atoms with van der Waals surface area (Å²) >= 11 is 1.66. The van der Waals surface area contributed by atoms with Crippen molar-refractivity contribution in [2.75, 3.05) is 20.0 Å². The molecule has 0 saturated heterocycles. The summed E-state index contributed by atoms with van der Waals surface area (Å²) in [5.74, 6) is 0.876. The monoisotopic (exact) mass is 226 g/mol. The first-order valence-electron chi connectivity index (χ1n) is 4.88. The van der Waals surface area contributed by atoms with E-state index in [0.717, 1.165) is 16.2 Å². The van der Waals surface area contributed by atoms with Crippen molar-refractivity contribution in [3.05, 3.63) is 23.8 Å². The summed E-state index contributed by atoms with van der Waals surface area (Å²) in [5.41, 5.74) is 0.879. The van der Waals surface area contributed by atoms with Gasteiger partial charge in [0.05, 0.1) is 13.7 Å². The third-order valence-corrected chi connectivity index (χ3v) is 3.34. The Kier molecular flexibility index (Phi) is 4.05. The van der Waals surface area contributed by atoms with Gasteiger partial charge in [-0.25, -0.2) is 0 Å². The van der Waals surface area contributed by atoms with Gasteiger partial charge in [0.1, 0.15) is 5.75 Å². The second-order valence-electron chi connectivity index (χ2n) is 4.11. The topological polar surface area (TPSA) is 29.5 Å². The Hall–Kier alpha value is -0.670. The molecule has 0 aliphatic heterocycles. The minimum absolute atomic E-state index is 0.134. The van der Waals surface area contributed by atoms with E-state index in [2.05, 4.69) is 0 Å². The van der Waals surface area contributed by atoms with Crippen LogP contribution in [0.3, 0.4) is 0 Å². The van der Waals surface area contributed by atoms with E-state index in [-0.39, 0.29) is 12.0 Å². The maximum Gasteiger partial charge on any atom is 0.132 e. The maximum atomic E-state index is 9.29. The predicted molar refractivity (Wildman–Crippen MR) is 64.9 cm³/mol. The smallest absolute Gasteiger partial charge is 0.132 e. The standard InChI is InChI=1S/C12H18O2S/c1-12(2,8-13)9-5-6-11(15-4)10(7-9)14-3/h5-7,13H,8H2,1-4H3. The van der Waals surface area contributed by atoms with Crippen LogP contribution < -0.4 is 4.74 Å². The van der Waals surface area contributed by atoms with Gasteiger partial charge in [0.2, 0.25) is 0 Å². The Balaban J connectivity index is 3.13. The molecule has 84 valence electrons. The Morgan fingerprint density at radius 3 is 2.53 bits per heavy atom. The van der Waals surface area contributed by atoms with Crippen molar-refractivity contribution in [1.82, 2.24) is 0 Å². The van der Waals surface area contributed by atoms with E-state index < -0.39 is 0 Å². The Labute approximate surface area is 95.7 Å². The molecule has 0 heterocycles. The number of thioether (sulfide) groups is 1. The molecule has 0 aliphatic carbocycles. The lowest BCUT2D eigenvalue weighted by molar-refractivity contribution is 0.218. The van der Waals surface area contributed by atoms with Gasteiger partial charge in [0.15, 0.2) is 0 Å². The highest BCUT2D eigenvalue weighted by atomic mass is 32.2. The molecule has 0 radical (unpaired) electrons. The average molecular weight is 226 g/mol. The maximum absolute atomic E-state index is 9.29. The van der Waals surface area contributed by atoms with Gasteiger partial charge in [-0.3, -0.25) is 0 Å². The number of hydrogen-bond donors (Lipinski definition) is 1. The second kappa shape index (κ2) is 4.90. The highest BCUT2D eigenvalue weighted by molar-refractivity contribution is 7.98. The van der Waals surface area contributed by atoms with Gasteiger partial charge < -0.3 is 9.84 Å². The fourth-order valence-corrected chi connectivity index (χ4v) is 1.90. The SMILES string of the molecule is COc1cc(C(C)(C)CO)ccc1SC. The van der Waals surface area contributed by atoms with Crippen LogP contribution in [0.1, 0.15) is 19.4 Å². The van der Waals surface area contributed by atoms with Gasteiger partial charge in [0.25, 0.3) is 0 Å². The van der Waals surface area contributed by atoms with E-state index in [1.54, 1.807) is 18.9 Å². The van der Waals surface area contributed by atoms with Crippen LogP contribution >= 0.6 is 11.8 Å². The van der Waals surface area contributed by atoms with Crippen LogP contribution in [0.2, 0.25) is 0 Å². The van der Waals surface area contributed by atoms with Crippen LogP contribution in [-0.2, 0) is 5.41 Å². The molecule has 1 aromatic rings. The Morgan fingerprint density at radius 1 is 1.40 bits per heavy atom. The largest absolute Gasteiger partial charge is 0.496 e. The van der Waals surface area contributed by atoms with Crippen molar-refractivity contribution in [1.29, 1.82) is 0 Å². The van der Waals surface area contributed by atoms with Crippen molar-refractivity contribution in [2.24, 2.45) is 0 Å². The Bertz CT molecular complexity index is 334. The minimum Gasteiger partial charge on any atom is -0.496 e. The molecule has 0 saturated carbocycles. The Morgan fingerprint density at radius 2 is 2.07 bits per heavy atom. The molecule has 1 N–H and O–H groups in total. The molecule has 0 amide bonds. The molecule has 0 aliphatic rings. The number of aliphatic hydroxyl groups excluding tert-OH is 1. The first kappa shape index (κ1) is 12.4. The third kappa shape index (κ3) is 2.67. The van der Waals surface area contributed by atoms with Crippen molar-refractivity contribution < 1.29 is 9.84 Å². The van der Waals surface area contributed by atoms with Crippen LogP contribution in [-0.4, -0.2) is 25.1 Å². The van der Waals surface area contributed by atoms with Gasteiger partial charge in [-0.2, -0.15) is 0 Å². The second-order valence-corrected chi connectivity index (χ2v) is 4.96. The number of methoxy groups -OCH3 is 1. The zero-order valence-electron chi connectivity index (χ0n) is 9.70. The van der Waals surface area contributed by atoms with E-state index in [0.29, 0.717) is 0 Å².